The minimum atomic E-state index is -0.790. The zero-order chi connectivity index (χ0) is 15.0. The van der Waals surface area contributed by atoms with Gasteiger partial charge in [-0.3, -0.25) is 4.79 Å². The Balaban J connectivity index is 0.000000286. The number of methoxy groups -OCH3 is 1. The van der Waals surface area contributed by atoms with Crippen molar-refractivity contribution in [2.24, 2.45) is 0 Å². The topological polar surface area (TPSA) is 63.6 Å². The van der Waals surface area contributed by atoms with Gasteiger partial charge in [0.15, 0.2) is 0 Å². The first-order chi connectivity index (χ1) is 9.58. The Hall–Kier alpha value is -2.62. The van der Waals surface area contributed by atoms with E-state index in [0.717, 1.165) is 22.4 Å². The Morgan fingerprint density at radius 1 is 1.20 bits per heavy atom. The number of esters is 1. The first-order valence-electron chi connectivity index (χ1n) is 5.97. The van der Waals surface area contributed by atoms with Gasteiger partial charge in [-0.15, -0.1) is 0 Å². The predicted octanol–water partition coefficient (Wildman–Crippen LogP) is 2.81. The molecule has 0 radical (unpaired) electrons. The highest BCUT2D eigenvalue weighted by Gasteiger charge is 2.03. The number of carbonyl (C=O) groups is 2. The van der Waals surface area contributed by atoms with Crippen molar-refractivity contribution in [1.29, 1.82) is 0 Å². The molecular formula is C16H16O4. The maximum atomic E-state index is 10.6. The lowest BCUT2D eigenvalue weighted by atomic mass is 10.0. The Labute approximate surface area is 117 Å². The largest absolute Gasteiger partial charge is 0.481 e. The van der Waals surface area contributed by atoms with Crippen LogP contribution in [0.1, 0.15) is 5.56 Å². The van der Waals surface area contributed by atoms with Gasteiger partial charge in [0.05, 0.1) is 13.5 Å². The molecule has 0 saturated carbocycles. The van der Waals surface area contributed by atoms with Crippen molar-refractivity contribution in [3.63, 3.8) is 0 Å². The van der Waals surface area contributed by atoms with Gasteiger partial charge in [0.1, 0.15) is 0 Å². The summed E-state index contributed by atoms with van der Waals surface area (Å²) in [5.74, 6) is -1.18. The summed E-state index contributed by atoms with van der Waals surface area (Å²) in [6, 6.07) is 13.5. The van der Waals surface area contributed by atoms with Crippen molar-refractivity contribution in [2.45, 2.75) is 6.42 Å². The summed E-state index contributed by atoms with van der Waals surface area (Å²) in [4.78, 5) is 20.5. The van der Waals surface area contributed by atoms with Gasteiger partial charge in [-0.1, -0.05) is 49.0 Å². The molecule has 2 aromatic rings. The summed E-state index contributed by atoms with van der Waals surface area (Å²) in [5, 5.41) is 10.8. The number of rotatable bonds is 3. The summed E-state index contributed by atoms with van der Waals surface area (Å²) < 4.78 is 4.14. The smallest absolute Gasteiger partial charge is 0.329 e. The number of hydrogen-bond acceptors (Lipinski definition) is 3. The van der Waals surface area contributed by atoms with E-state index in [4.69, 9.17) is 5.11 Å². The summed E-state index contributed by atoms with van der Waals surface area (Å²) in [6.45, 7) is 3.16. The molecule has 0 atom stereocenters. The molecule has 0 aromatic heterocycles. The molecule has 4 nitrogen and oxygen atoms in total. The van der Waals surface area contributed by atoms with Gasteiger partial charge in [-0.05, 0) is 16.3 Å². The van der Waals surface area contributed by atoms with E-state index in [0.29, 0.717) is 0 Å². The molecule has 0 spiro atoms. The predicted molar refractivity (Wildman–Crippen MR) is 77.5 cm³/mol. The molecule has 4 heteroatoms. The Bertz CT molecular complexity index is 611. The molecule has 2 rings (SSSR count). The van der Waals surface area contributed by atoms with Crippen LogP contribution in [0.5, 0.6) is 0 Å². The lowest BCUT2D eigenvalue weighted by Crippen LogP contribution is -2.00. The van der Waals surface area contributed by atoms with E-state index in [2.05, 4.69) is 11.3 Å². The zero-order valence-corrected chi connectivity index (χ0v) is 11.2. The molecule has 0 aliphatic rings. The summed E-state index contributed by atoms with van der Waals surface area (Å²) in [5.41, 5.74) is 0.871. The van der Waals surface area contributed by atoms with Crippen LogP contribution in [0.15, 0.2) is 55.1 Å². The fourth-order valence-electron chi connectivity index (χ4n) is 1.69. The third-order valence-electron chi connectivity index (χ3n) is 2.59. The van der Waals surface area contributed by atoms with Crippen LogP contribution in [-0.4, -0.2) is 24.2 Å². The van der Waals surface area contributed by atoms with Crippen molar-refractivity contribution < 1.29 is 19.4 Å². The zero-order valence-electron chi connectivity index (χ0n) is 11.2. The van der Waals surface area contributed by atoms with Crippen LogP contribution in [-0.2, 0) is 20.7 Å². The number of ether oxygens (including phenoxy) is 1. The number of benzene rings is 2. The first-order valence-corrected chi connectivity index (χ1v) is 5.97. The van der Waals surface area contributed by atoms with Crippen LogP contribution in [0.3, 0.4) is 0 Å². The molecule has 0 heterocycles. The number of hydrogen-bond donors (Lipinski definition) is 1. The van der Waals surface area contributed by atoms with Gasteiger partial charge in [0.2, 0.25) is 0 Å². The number of carboxylic acid groups (broad SMARTS) is 1. The minimum Gasteiger partial charge on any atom is -0.481 e. The number of fused-ring (bicyclic) bond motifs is 1. The van der Waals surface area contributed by atoms with Crippen LogP contribution < -0.4 is 0 Å². The number of carbonyl (C=O) groups excluding carboxylic acids is 1. The number of carboxylic acids is 1. The third kappa shape index (κ3) is 4.57. The molecule has 0 bridgehead atoms. The standard InChI is InChI=1S/C12H10O2.C4H6O2/c13-12(14)8-10-6-3-5-9-4-1-2-7-11(9)10;1-3-4(5)6-2/h1-7H,8H2,(H,13,14);3H,1H2,2H3. The quantitative estimate of drug-likeness (QED) is 0.689. The molecule has 104 valence electrons. The molecule has 0 saturated heterocycles. The van der Waals surface area contributed by atoms with E-state index >= 15 is 0 Å². The molecular weight excluding hydrogens is 256 g/mol. The fraction of sp³-hybridized carbons (Fsp3) is 0.125. The Morgan fingerprint density at radius 2 is 1.85 bits per heavy atom. The van der Waals surface area contributed by atoms with Gasteiger partial charge < -0.3 is 9.84 Å². The Kier molecular flexibility index (Phi) is 5.97. The van der Waals surface area contributed by atoms with E-state index in [1.165, 1.54) is 7.11 Å². The normalized spacial score (nSPS) is 9.25. The van der Waals surface area contributed by atoms with Gasteiger partial charge in [0, 0.05) is 6.08 Å². The van der Waals surface area contributed by atoms with Crippen LogP contribution >= 0.6 is 0 Å². The second-order valence-electron chi connectivity index (χ2n) is 3.94. The third-order valence-corrected chi connectivity index (χ3v) is 2.59. The monoisotopic (exact) mass is 272 g/mol. The maximum Gasteiger partial charge on any atom is 0.329 e. The van der Waals surface area contributed by atoms with Gasteiger partial charge >= 0.3 is 11.9 Å². The second-order valence-corrected chi connectivity index (χ2v) is 3.94. The van der Waals surface area contributed by atoms with Crippen molar-refractivity contribution in [3.8, 4) is 0 Å². The molecule has 2 aromatic carbocycles. The molecule has 0 fully saturated rings. The van der Waals surface area contributed by atoms with Crippen molar-refractivity contribution in [2.75, 3.05) is 7.11 Å². The van der Waals surface area contributed by atoms with E-state index in [1.54, 1.807) is 0 Å². The Morgan fingerprint density at radius 3 is 2.40 bits per heavy atom. The summed E-state index contributed by atoms with van der Waals surface area (Å²) in [7, 11) is 1.31. The average molecular weight is 272 g/mol. The minimum absolute atomic E-state index is 0.0847. The van der Waals surface area contributed by atoms with Crippen LogP contribution in [0.2, 0.25) is 0 Å². The van der Waals surface area contributed by atoms with Crippen LogP contribution in [0.25, 0.3) is 10.8 Å². The molecule has 0 aliphatic heterocycles. The van der Waals surface area contributed by atoms with Gasteiger partial charge in [-0.2, -0.15) is 0 Å². The SMILES string of the molecule is C=CC(=O)OC.O=C(O)Cc1cccc2ccccc12. The van der Waals surface area contributed by atoms with E-state index in [1.807, 2.05) is 42.5 Å². The molecule has 0 amide bonds. The van der Waals surface area contributed by atoms with E-state index in [9.17, 15) is 9.59 Å². The lowest BCUT2D eigenvalue weighted by molar-refractivity contribution is -0.136. The van der Waals surface area contributed by atoms with Gasteiger partial charge in [-0.25, -0.2) is 4.79 Å². The molecule has 0 aliphatic carbocycles. The highest BCUT2D eigenvalue weighted by molar-refractivity contribution is 5.88. The molecule has 20 heavy (non-hydrogen) atoms. The summed E-state index contributed by atoms with van der Waals surface area (Å²) in [6.07, 6.45) is 1.20. The maximum absolute atomic E-state index is 10.6. The van der Waals surface area contributed by atoms with Crippen molar-refractivity contribution in [1.82, 2.24) is 0 Å². The fourth-order valence-corrected chi connectivity index (χ4v) is 1.69. The molecule has 1 N–H and O–H groups in total. The average Bonchev–Trinajstić information content (AvgIpc) is 2.47. The second kappa shape index (κ2) is 7.74. The first kappa shape index (κ1) is 15.4. The van der Waals surface area contributed by atoms with Gasteiger partial charge in [0.25, 0.3) is 0 Å². The van der Waals surface area contributed by atoms with Crippen molar-refractivity contribution in [3.05, 3.63) is 60.7 Å². The van der Waals surface area contributed by atoms with E-state index in [-0.39, 0.29) is 6.42 Å². The molecule has 0 unspecified atom stereocenters. The summed E-state index contributed by atoms with van der Waals surface area (Å²) >= 11 is 0. The van der Waals surface area contributed by atoms with E-state index < -0.39 is 11.9 Å². The lowest BCUT2D eigenvalue weighted by Gasteiger charge is -2.02. The highest BCUT2D eigenvalue weighted by Crippen LogP contribution is 2.18. The highest BCUT2D eigenvalue weighted by atomic mass is 16.5. The van der Waals surface area contributed by atoms with Crippen LogP contribution in [0, 0.1) is 0 Å². The number of aliphatic carboxylic acids is 1. The van der Waals surface area contributed by atoms with Crippen molar-refractivity contribution >= 4 is 22.7 Å². The van der Waals surface area contributed by atoms with Crippen LogP contribution in [0.4, 0.5) is 0 Å².